The van der Waals surface area contributed by atoms with E-state index in [4.69, 9.17) is 4.74 Å². The van der Waals surface area contributed by atoms with Gasteiger partial charge in [0, 0.05) is 0 Å². The van der Waals surface area contributed by atoms with Gasteiger partial charge in [-0.25, -0.2) is 12.4 Å². The number of benzene rings is 2. The number of aromatic nitrogens is 1. The van der Waals surface area contributed by atoms with Gasteiger partial charge in [-0.05, 0) is 54.5 Å². The van der Waals surface area contributed by atoms with Crippen LogP contribution in [0.3, 0.4) is 0 Å². The molecule has 2 aromatic carbocycles. The van der Waals surface area contributed by atoms with Crippen LogP contribution in [0.2, 0.25) is 0 Å². The van der Waals surface area contributed by atoms with Crippen LogP contribution in [-0.2, 0) is 21.2 Å². The minimum absolute atomic E-state index is 0.135. The number of nitrogens with zero attached hydrogens (tertiary/aromatic N) is 1. The first-order chi connectivity index (χ1) is 11.5. The molecule has 7 heteroatoms. The van der Waals surface area contributed by atoms with Gasteiger partial charge in [-0.3, -0.25) is 0 Å². The van der Waals surface area contributed by atoms with Gasteiger partial charge in [0.25, 0.3) is 10.0 Å². The van der Waals surface area contributed by atoms with E-state index in [0.717, 1.165) is 0 Å². The molecule has 1 unspecified atom stereocenters. The predicted octanol–water partition coefficient (Wildman–Crippen LogP) is 2.83. The zero-order valence-corrected chi connectivity index (χ0v) is 14.6. The second-order valence-corrected chi connectivity index (χ2v) is 8.39. The molecule has 0 aliphatic rings. The van der Waals surface area contributed by atoms with Crippen molar-refractivity contribution in [1.29, 1.82) is 0 Å². The first kappa shape index (κ1) is 16.9. The van der Waals surface area contributed by atoms with Crippen LogP contribution >= 0.6 is 0 Å². The second-order valence-electron chi connectivity index (χ2n) is 5.04. The lowest BCUT2D eigenvalue weighted by atomic mass is 10.2. The lowest BCUT2D eigenvalue weighted by molar-refractivity contribution is 0.414. The van der Waals surface area contributed by atoms with Gasteiger partial charge in [-0.2, -0.15) is 0 Å². The van der Waals surface area contributed by atoms with Gasteiger partial charge in [0.15, 0.2) is 4.90 Å². The lowest BCUT2D eigenvalue weighted by Gasteiger charge is -2.08. The Hall–Kier alpha value is -1.96. The van der Waals surface area contributed by atoms with Crippen molar-refractivity contribution in [2.24, 2.45) is 0 Å². The number of ether oxygens (including phenoxy) is 1. The van der Waals surface area contributed by atoms with E-state index in [0.29, 0.717) is 21.5 Å². The first-order valence-electron chi connectivity index (χ1n) is 7.16. The van der Waals surface area contributed by atoms with Crippen molar-refractivity contribution in [2.75, 3.05) is 12.9 Å². The molecule has 1 radical (unpaired) electrons. The highest BCUT2D eigenvalue weighted by Crippen LogP contribution is 2.29. The molecule has 1 atom stereocenters. The monoisotopic (exact) mass is 362 g/mol. The fourth-order valence-electron chi connectivity index (χ4n) is 2.47. The minimum Gasteiger partial charge on any atom is -0.611 e. The molecule has 125 valence electrons. The summed E-state index contributed by atoms with van der Waals surface area (Å²) in [4.78, 5) is 0.605. The summed E-state index contributed by atoms with van der Waals surface area (Å²) < 4.78 is 44.4. The van der Waals surface area contributed by atoms with Gasteiger partial charge >= 0.3 is 0 Å². The molecule has 0 fully saturated rings. The molecule has 0 saturated carbocycles. The van der Waals surface area contributed by atoms with Crippen LogP contribution in [0.15, 0.2) is 64.5 Å². The van der Waals surface area contributed by atoms with Gasteiger partial charge in [0.2, 0.25) is 0 Å². The standard InChI is InChI=1S/C17H16NO4S2/c1-3-23(19)17-12-18(16-7-5-4-6-15(16)17)24(20,21)14-10-8-13(22-2)9-11-14/h4-12H,1,3H2,2H3. The van der Waals surface area contributed by atoms with Crippen LogP contribution in [0.4, 0.5) is 0 Å². The SMILES string of the molecule is [CH2]C[S+]([O-])c1cn(S(=O)(=O)c2ccc(OC)cc2)c2ccccc12. The zero-order chi connectivity index (χ0) is 17.3. The van der Waals surface area contributed by atoms with Gasteiger partial charge in [-0.15, -0.1) is 0 Å². The molecule has 0 N–H and O–H groups in total. The molecular weight excluding hydrogens is 346 g/mol. The van der Waals surface area contributed by atoms with Crippen LogP contribution in [-0.4, -0.2) is 29.8 Å². The number of methoxy groups -OCH3 is 1. The number of fused-ring (bicyclic) bond motifs is 1. The highest BCUT2D eigenvalue weighted by Gasteiger charge is 2.25. The summed E-state index contributed by atoms with van der Waals surface area (Å²) in [7, 11) is -2.29. The molecule has 0 amide bonds. The van der Waals surface area contributed by atoms with Crippen LogP contribution in [0.5, 0.6) is 5.75 Å². The molecule has 1 aromatic heterocycles. The van der Waals surface area contributed by atoms with Crippen molar-refractivity contribution in [3.63, 3.8) is 0 Å². The predicted molar refractivity (Wildman–Crippen MR) is 94.1 cm³/mol. The molecule has 3 rings (SSSR count). The van der Waals surface area contributed by atoms with Crippen molar-refractivity contribution >= 4 is 32.1 Å². The Labute approximate surface area is 144 Å². The van der Waals surface area contributed by atoms with E-state index >= 15 is 0 Å². The Morgan fingerprint density at radius 3 is 2.46 bits per heavy atom. The van der Waals surface area contributed by atoms with E-state index in [-0.39, 0.29) is 10.6 Å². The van der Waals surface area contributed by atoms with Crippen molar-refractivity contribution < 1.29 is 17.7 Å². The molecule has 0 aliphatic carbocycles. The number of hydrogen-bond acceptors (Lipinski definition) is 4. The van der Waals surface area contributed by atoms with E-state index in [9.17, 15) is 13.0 Å². The number of para-hydroxylation sites is 1. The number of rotatable bonds is 5. The molecule has 24 heavy (non-hydrogen) atoms. The van der Waals surface area contributed by atoms with Crippen molar-refractivity contribution in [2.45, 2.75) is 9.79 Å². The van der Waals surface area contributed by atoms with Gasteiger partial charge in [0.1, 0.15) is 11.5 Å². The highest BCUT2D eigenvalue weighted by molar-refractivity contribution is 7.92. The quantitative estimate of drug-likeness (QED) is 0.654. The van der Waals surface area contributed by atoms with Gasteiger partial charge in [-0.1, -0.05) is 12.1 Å². The first-order valence-corrected chi connectivity index (χ1v) is 9.92. The minimum atomic E-state index is -3.81. The van der Waals surface area contributed by atoms with E-state index in [1.54, 1.807) is 36.4 Å². The average Bonchev–Trinajstić information content (AvgIpc) is 3.01. The summed E-state index contributed by atoms with van der Waals surface area (Å²) in [5.74, 6) is 0.751. The molecule has 1 heterocycles. The summed E-state index contributed by atoms with van der Waals surface area (Å²) >= 11 is -1.36. The molecule has 0 saturated heterocycles. The Balaban J connectivity index is 2.20. The smallest absolute Gasteiger partial charge is 0.268 e. The molecule has 0 spiro atoms. The average molecular weight is 362 g/mol. The fourth-order valence-corrected chi connectivity index (χ4v) is 4.77. The van der Waals surface area contributed by atoms with Crippen LogP contribution in [0.25, 0.3) is 10.9 Å². The number of hydrogen-bond donors (Lipinski definition) is 0. The van der Waals surface area contributed by atoms with Crippen LogP contribution in [0, 0.1) is 6.92 Å². The molecular formula is C17H16NO4S2. The van der Waals surface area contributed by atoms with E-state index in [1.165, 1.54) is 29.4 Å². The van der Waals surface area contributed by atoms with E-state index < -0.39 is 21.2 Å². The highest BCUT2D eigenvalue weighted by atomic mass is 32.2. The Morgan fingerprint density at radius 1 is 1.17 bits per heavy atom. The summed E-state index contributed by atoms with van der Waals surface area (Å²) in [6, 6.07) is 13.2. The van der Waals surface area contributed by atoms with Crippen molar-refractivity contribution in [1.82, 2.24) is 3.97 Å². The summed E-state index contributed by atoms with van der Waals surface area (Å²) in [6.45, 7) is 3.64. The molecule has 5 nitrogen and oxygen atoms in total. The Kier molecular flexibility index (Phi) is 4.58. The third-order valence-corrected chi connectivity index (χ3v) is 6.56. The third-order valence-electron chi connectivity index (χ3n) is 3.69. The van der Waals surface area contributed by atoms with Gasteiger partial charge in [0.05, 0.1) is 29.1 Å². The summed E-state index contributed by atoms with van der Waals surface area (Å²) in [6.07, 6.45) is 1.42. The van der Waals surface area contributed by atoms with Crippen LogP contribution in [0.1, 0.15) is 0 Å². The second kappa shape index (κ2) is 6.51. The lowest BCUT2D eigenvalue weighted by Crippen LogP contribution is -2.12. The molecule has 3 aromatic rings. The maximum absolute atomic E-state index is 13.0. The third kappa shape index (κ3) is 2.79. The van der Waals surface area contributed by atoms with Crippen molar-refractivity contribution in [3.05, 3.63) is 61.7 Å². The van der Waals surface area contributed by atoms with Crippen LogP contribution < -0.4 is 4.74 Å². The normalized spacial score (nSPS) is 13.1. The Bertz CT molecular complexity index is 962. The Morgan fingerprint density at radius 2 is 1.83 bits per heavy atom. The van der Waals surface area contributed by atoms with Crippen molar-refractivity contribution in [3.8, 4) is 5.75 Å². The largest absolute Gasteiger partial charge is 0.611 e. The maximum atomic E-state index is 13.0. The fraction of sp³-hybridized carbons (Fsp3) is 0.118. The zero-order valence-electron chi connectivity index (χ0n) is 13.0. The maximum Gasteiger partial charge on any atom is 0.268 e. The summed E-state index contributed by atoms with van der Waals surface area (Å²) in [5.41, 5.74) is 0.491. The summed E-state index contributed by atoms with van der Waals surface area (Å²) in [5, 5.41) is 0.650. The van der Waals surface area contributed by atoms with Gasteiger partial charge < -0.3 is 9.29 Å². The molecule has 0 aliphatic heterocycles. The topological polar surface area (TPSA) is 71.4 Å². The van der Waals surface area contributed by atoms with E-state index in [1.807, 2.05) is 0 Å². The molecule has 0 bridgehead atoms. The van der Waals surface area contributed by atoms with E-state index in [2.05, 4.69) is 6.92 Å².